The van der Waals surface area contributed by atoms with Crippen LogP contribution in [0.1, 0.15) is 10.4 Å². The van der Waals surface area contributed by atoms with Crippen LogP contribution in [0.4, 0.5) is 5.13 Å². The quantitative estimate of drug-likeness (QED) is 0.449. The highest BCUT2D eigenvalue weighted by Crippen LogP contribution is 2.32. The molecule has 0 aliphatic carbocycles. The molecule has 1 aliphatic heterocycles. The maximum absolute atomic E-state index is 12.9. The number of carbonyl (C=O) groups excluding carboxylic acids is 1. The third-order valence-electron chi connectivity index (χ3n) is 5.00. The summed E-state index contributed by atoms with van der Waals surface area (Å²) in [4.78, 5) is 27.5. The highest BCUT2D eigenvalue weighted by Gasteiger charge is 2.24. The van der Waals surface area contributed by atoms with Crippen molar-refractivity contribution in [2.24, 2.45) is 0 Å². The molecule has 0 radical (unpaired) electrons. The Morgan fingerprint density at radius 2 is 1.86 bits per heavy atom. The first-order valence-corrected chi connectivity index (χ1v) is 12.0. The van der Waals surface area contributed by atoms with E-state index in [9.17, 15) is 4.79 Å². The Balaban J connectivity index is 1.29. The van der Waals surface area contributed by atoms with E-state index in [0.717, 1.165) is 39.5 Å². The molecule has 142 valence electrons. The van der Waals surface area contributed by atoms with Crippen LogP contribution >= 0.6 is 34.4 Å². The van der Waals surface area contributed by atoms with Crippen molar-refractivity contribution in [3.63, 3.8) is 0 Å². The molecule has 2 aromatic heterocycles. The van der Waals surface area contributed by atoms with Crippen LogP contribution in [0, 0.1) is 0 Å². The summed E-state index contributed by atoms with van der Waals surface area (Å²) in [5.74, 6) is 0.101. The molecule has 5 nitrogen and oxygen atoms in total. The van der Waals surface area contributed by atoms with Crippen molar-refractivity contribution in [1.82, 2.24) is 14.9 Å². The Morgan fingerprint density at radius 1 is 1.04 bits per heavy atom. The van der Waals surface area contributed by atoms with Crippen LogP contribution in [0.5, 0.6) is 0 Å². The fourth-order valence-electron chi connectivity index (χ4n) is 3.43. The molecule has 3 heterocycles. The van der Waals surface area contributed by atoms with Crippen LogP contribution < -0.4 is 4.90 Å². The zero-order valence-corrected chi connectivity index (χ0v) is 17.7. The molecule has 0 saturated carbocycles. The molecule has 1 aliphatic rings. The number of anilines is 1. The fourth-order valence-corrected chi connectivity index (χ4v) is 5.71. The second kappa shape index (κ2) is 7.35. The number of aromatic nitrogens is 2. The first-order valence-electron chi connectivity index (χ1n) is 9.03. The molecule has 2 aromatic carbocycles. The first-order chi connectivity index (χ1) is 13.7. The van der Waals surface area contributed by atoms with Crippen molar-refractivity contribution in [3.05, 3.63) is 47.5 Å². The van der Waals surface area contributed by atoms with Gasteiger partial charge in [-0.2, -0.15) is 0 Å². The van der Waals surface area contributed by atoms with Gasteiger partial charge in [-0.05, 0) is 42.7 Å². The number of thioether (sulfide) groups is 1. The summed E-state index contributed by atoms with van der Waals surface area (Å²) in [6, 6.07) is 12.2. The lowest BCUT2D eigenvalue weighted by Crippen LogP contribution is -2.48. The van der Waals surface area contributed by atoms with Crippen molar-refractivity contribution in [1.29, 1.82) is 0 Å². The molecule has 5 rings (SSSR count). The van der Waals surface area contributed by atoms with E-state index >= 15 is 0 Å². The van der Waals surface area contributed by atoms with Gasteiger partial charge in [0.1, 0.15) is 0 Å². The Labute approximate surface area is 175 Å². The van der Waals surface area contributed by atoms with Crippen molar-refractivity contribution in [2.75, 3.05) is 37.3 Å². The molecular weight excluding hydrogens is 408 g/mol. The lowest BCUT2D eigenvalue weighted by Gasteiger charge is -2.34. The molecule has 0 unspecified atom stereocenters. The van der Waals surface area contributed by atoms with Crippen LogP contribution in [0.25, 0.3) is 20.4 Å². The topological polar surface area (TPSA) is 49.3 Å². The standard InChI is InChI=1S/C20H18N4OS3/c1-26-14-3-5-16-18(11-14)28-20(22-16)24-8-6-23(7-9-24)19(25)13-2-4-15-17(10-13)27-12-21-15/h2-5,10-12H,6-9H2,1H3. The van der Waals surface area contributed by atoms with Gasteiger partial charge < -0.3 is 9.80 Å². The maximum Gasteiger partial charge on any atom is 0.254 e. The monoisotopic (exact) mass is 426 g/mol. The Bertz CT molecular complexity index is 1160. The Hall–Kier alpha value is -2.16. The van der Waals surface area contributed by atoms with E-state index in [1.165, 1.54) is 9.60 Å². The van der Waals surface area contributed by atoms with E-state index in [4.69, 9.17) is 4.98 Å². The van der Waals surface area contributed by atoms with E-state index in [2.05, 4.69) is 34.3 Å². The summed E-state index contributed by atoms with van der Waals surface area (Å²) in [7, 11) is 0. The van der Waals surface area contributed by atoms with Crippen molar-refractivity contribution < 1.29 is 4.79 Å². The lowest BCUT2D eigenvalue weighted by atomic mass is 10.1. The van der Waals surface area contributed by atoms with Gasteiger partial charge in [0.05, 0.1) is 25.9 Å². The lowest BCUT2D eigenvalue weighted by molar-refractivity contribution is 0.0747. The van der Waals surface area contributed by atoms with Crippen LogP contribution in [-0.2, 0) is 0 Å². The van der Waals surface area contributed by atoms with E-state index in [0.29, 0.717) is 13.1 Å². The second-order valence-electron chi connectivity index (χ2n) is 6.64. The van der Waals surface area contributed by atoms with E-state index < -0.39 is 0 Å². The van der Waals surface area contributed by atoms with Crippen molar-refractivity contribution >= 4 is 65.9 Å². The molecule has 0 spiro atoms. The van der Waals surface area contributed by atoms with Gasteiger partial charge in [-0.25, -0.2) is 9.97 Å². The third kappa shape index (κ3) is 3.25. The van der Waals surface area contributed by atoms with Crippen molar-refractivity contribution in [2.45, 2.75) is 4.90 Å². The second-order valence-corrected chi connectivity index (χ2v) is 9.42. The normalized spacial score (nSPS) is 14.9. The van der Waals surface area contributed by atoms with Gasteiger partial charge in [0.15, 0.2) is 5.13 Å². The van der Waals surface area contributed by atoms with Gasteiger partial charge in [-0.1, -0.05) is 11.3 Å². The van der Waals surface area contributed by atoms with Gasteiger partial charge in [0, 0.05) is 36.6 Å². The molecule has 8 heteroatoms. The molecule has 0 bridgehead atoms. The van der Waals surface area contributed by atoms with E-state index in [1.54, 1.807) is 34.4 Å². The van der Waals surface area contributed by atoms with Gasteiger partial charge in [-0.15, -0.1) is 23.1 Å². The average molecular weight is 427 g/mol. The molecule has 1 amide bonds. The maximum atomic E-state index is 12.9. The summed E-state index contributed by atoms with van der Waals surface area (Å²) in [5.41, 5.74) is 4.56. The zero-order valence-electron chi connectivity index (χ0n) is 15.3. The largest absolute Gasteiger partial charge is 0.345 e. The van der Waals surface area contributed by atoms with Crippen LogP contribution in [0.2, 0.25) is 0 Å². The Kier molecular flexibility index (Phi) is 4.70. The zero-order chi connectivity index (χ0) is 19.1. The molecule has 1 fully saturated rings. The van der Waals surface area contributed by atoms with Crippen LogP contribution in [-0.4, -0.2) is 53.2 Å². The van der Waals surface area contributed by atoms with Gasteiger partial charge in [0.25, 0.3) is 5.91 Å². The summed E-state index contributed by atoms with van der Waals surface area (Å²) in [6.07, 6.45) is 2.09. The number of rotatable bonds is 3. The summed E-state index contributed by atoms with van der Waals surface area (Å²) in [5, 5.41) is 1.05. The average Bonchev–Trinajstić information content (AvgIpc) is 3.38. The first kappa shape index (κ1) is 17.9. The minimum atomic E-state index is 0.101. The minimum absolute atomic E-state index is 0.101. The smallest absolute Gasteiger partial charge is 0.254 e. The molecule has 1 saturated heterocycles. The van der Waals surface area contributed by atoms with Crippen LogP contribution in [0.15, 0.2) is 46.8 Å². The Morgan fingerprint density at radius 3 is 2.68 bits per heavy atom. The van der Waals surface area contributed by atoms with E-state index in [1.807, 2.05) is 28.6 Å². The number of carbonyl (C=O) groups is 1. The van der Waals surface area contributed by atoms with E-state index in [-0.39, 0.29) is 5.91 Å². The van der Waals surface area contributed by atoms with Crippen molar-refractivity contribution in [3.8, 4) is 0 Å². The summed E-state index contributed by atoms with van der Waals surface area (Å²) < 4.78 is 2.28. The molecule has 0 atom stereocenters. The fraction of sp³-hybridized carbons (Fsp3) is 0.250. The highest BCUT2D eigenvalue weighted by molar-refractivity contribution is 7.98. The number of benzene rings is 2. The summed E-state index contributed by atoms with van der Waals surface area (Å²) in [6.45, 7) is 3.05. The SMILES string of the molecule is CSc1ccc2nc(N3CCN(C(=O)c4ccc5ncsc5c4)CC3)sc2c1. The number of hydrogen-bond acceptors (Lipinski definition) is 7. The minimum Gasteiger partial charge on any atom is -0.345 e. The predicted octanol–water partition coefficient (Wildman–Crippen LogP) is 4.59. The molecule has 4 aromatic rings. The molecular formula is C20H18N4OS3. The van der Waals surface area contributed by atoms with Crippen LogP contribution in [0.3, 0.4) is 0 Å². The number of thiazole rings is 2. The third-order valence-corrected chi connectivity index (χ3v) is 7.60. The predicted molar refractivity (Wildman–Crippen MR) is 119 cm³/mol. The number of amides is 1. The molecule has 0 N–H and O–H groups in total. The molecule has 28 heavy (non-hydrogen) atoms. The highest BCUT2D eigenvalue weighted by atomic mass is 32.2. The number of nitrogens with zero attached hydrogens (tertiary/aromatic N) is 4. The van der Waals surface area contributed by atoms with Gasteiger partial charge in [-0.3, -0.25) is 4.79 Å². The van der Waals surface area contributed by atoms with Gasteiger partial charge >= 0.3 is 0 Å². The number of piperazine rings is 1. The summed E-state index contributed by atoms with van der Waals surface area (Å²) >= 11 is 5.05. The number of hydrogen-bond donors (Lipinski definition) is 0. The number of fused-ring (bicyclic) bond motifs is 2. The van der Waals surface area contributed by atoms with Gasteiger partial charge in [0.2, 0.25) is 0 Å².